The van der Waals surface area contributed by atoms with Gasteiger partial charge in [-0.2, -0.15) is 5.10 Å². The van der Waals surface area contributed by atoms with Crippen LogP contribution in [0.3, 0.4) is 0 Å². The molecule has 0 spiro atoms. The number of aryl methyl sites for hydroxylation is 1. The van der Waals surface area contributed by atoms with Crippen LogP contribution in [-0.4, -0.2) is 19.7 Å². The molecule has 0 aliphatic carbocycles. The molecule has 0 atom stereocenters. The number of hydrogen-bond donors (Lipinski definition) is 1. The van der Waals surface area contributed by atoms with Gasteiger partial charge in [-0.25, -0.2) is 0 Å². The maximum absolute atomic E-state index is 4.48. The van der Waals surface area contributed by atoms with Crippen molar-refractivity contribution in [1.82, 2.24) is 19.7 Å². The summed E-state index contributed by atoms with van der Waals surface area (Å²) in [6.45, 7) is 0. The van der Waals surface area contributed by atoms with Crippen LogP contribution in [0.2, 0.25) is 0 Å². The number of aromatic nitrogens is 4. The van der Waals surface area contributed by atoms with E-state index in [9.17, 15) is 0 Å². The number of fused-ring (bicyclic) bond motifs is 4. The van der Waals surface area contributed by atoms with Crippen molar-refractivity contribution in [3.8, 4) is 0 Å². The zero-order valence-electron chi connectivity index (χ0n) is 9.61. The number of pyridine rings is 1. The molecular formula is C13H9BrN4. The van der Waals surface area contributed by atoms with Crippen LogP contribution >= 0.6 is 15.9 Å². The fourth-order valence-corrected chi connectivity index (χ4v) is 2.72. The lowest BCUT2D eigenvalue weighted by atomic mass is 10.2. The van der Waals surface area contributed by atoms with Gasteiger partial charge in [0.15, 0.2) is 0 Å². The molecule has 18 heavy (non-hydrogen) atoms. The van der Waals surface area contributed by atoms with Gasteiger partial charge in [0.1, 0.15) is 0 Å². The summed E-state index contributed by atoms with van der Waals surface area (Å²) in [5.41, 5.74) is 4.25. The van der Waals surface area contributed by atoms with Gasteiger partial charge in [-0.15, -0.1) is 0 Å². The molecule has 0 amide bonds. The highest BCUT2D eigenvalue weighted by Crippen LogP contribution is 2.29. The third kappa shape index (κ3) is 1.25. The largest absolute Gasteiger partial charge is 0.353 e. The van der Waals surface area contributed by atoms with E-state index in [1.807, 2.05) is 30.2 Å². The van der Waals surface area contributed by atoms with Crippen LogP contribution in [0.25, 0.3) is 32.8 Å². The van der Waals surface area contributed by atoms with E-state index in [4.69, 9.17) is 0 Å². The van der Waals surface area contributed by atoms with Crippen LogP contribution < -0.4 is 0 Å². The fraction of sp³-hybridized carbons (Fsp3) is 0.0769. The third-order valence-electron chi connectivity index (χ3n) is 3.26. The topological polar surface area (TPSA) is 46.5 Å². The van der Waals surface area contributed by atoms with E-state index >= 15 is 0 Å². The van der Waals surface area contributed by atoms with Gasteiger partial charge in [-0.1, -0.05) is 0 Å². The number of halogens is 1. The van der Waals surface area contributed by atoms with Gasteiger partial charge in [0.2, 0.25) is 0 Å². The smallest absolute Gasteiger partial charge is 0.0959 e. The van der Waals surface area contributed by atoms with Gasteiger partial charge in [-0.05, 0) is 34.1 Å². The molecule has 88 valence electrons. The van der Waals surface area contributed by atoms with Crippen molar-refractivity contribution in [2.75, 3.05) is 0 Å². The Labute approximate surface area is 111 Å². The molecule has 4 nitrogen and oxygen atoms in total. The van der Waals surface area contributed by atoms with Crippen LogP contribution in [0.4, 0.5) is 0 Å². The first-order valence-electron chi connectivity index (χ1n) is 5.61. The molecule has 0 radical (unpaired) electrons. The predicted molar refractivity (Wildman–Crippen MR) is 75.6 cm³/mol. The van der Waals surface area contributed by atoms with Crippen LogP contribution in [0, 0.1) is 0 Å². The van der Waals surface area contributed by atoms with Crippen molar-refractivity contribution in [1.29, 1.82) is 0 Å². The average molecular weight is 301 g/mol. The Morgan fingerprint density at radius 3 is 2.94 bits per heavy atom. The molecule has 5 heteroatoms. The normalized spacial score (nSPS) is 11.9. The molecular weight excluding hydrogens is 292 g/mol. The number of aromatic amines is 1. The van der Waals surface area contributed by atoms with E-state index in [1.165, 1.54) is 0 Å². The van der Waals surface area contributed by atoms with E-state index in [0.29, 0.717) is 0 Å². The average Bonchev–Trinajstić information content (AvgIpc) is 2.87. The molecule has 0 aliphatic rings. The van der Waals surface area contributed by atoms with E-state index < -0.39 is 0 Å². The Balaban J connectivity index is 2.24. The van der Waals surface area contributed by atoms with Crippen LogP contribution in [0.1, 0.15) is 0 Å². The van der Waals surface area contributed by atoms with Gasteiger partial charge < -0.3 is 4.98 Å². The van der Waals surface area contributed by atoms with Crippen molar-refractivity contribution in [3.05, 3.63) is 35.1 Å². The van der Waals surface area contributed by atoms with Crippen molar-refractivity contribution < 1.29 is 0 Å². The molecule has 4 rings (SSSR count). The lowest BCUT2D eigenvalue weighted by Crippen LogP contribution is -1.88. The second-order valence-corrected chi connectivity index (χ2v) is 5.32. The Morgan fingerprint density at radius 1 is 1.17 bits per heavy atom. The van der Waals surface area contributed by atoms with Gasteiger partial charge >= 0.3 is 0 Å². The van der Waals surface area contributed by atoms with Crippen molar-refractivity contribution >= 4 is 48.8 Å². The molecule has 0 bridgehead atoms. The van der Waals surface area contributed by atoms with Crippen molar-refractivity contribution in [3.63, 3.8) is 0 Å². The summed E-state index contributed by atoms with van der Waals surface area (Å²) >= 11 is 3.44. The minimum atomic E-state index is 0.979. The van der Waals surface area contributed by atoms with E-state index in [-0.39, 0.29) is 0 Å². The monoisotopic (exact) mass is 300 g/mol. The first-order chi connectivity index (χ1) is 8.72. The van der Waals surface area contributed by atoms with Gasteiger partial charge in [0.05, 0.1) is 22.7 Å². The summed E-state index contributed by atoms with van der Waals surface area (Å²) in [6.07, 6.45) is 3.70. The van der Waals surface area contributed by atoms with Gasteiger partial charge in [0.25, 0.3) is 0 Å². The standard InChI is InChI=1S/C13H9BrN4/c1-18-12-4-9-10(2-7(12)5-16-18)17-11-3-8(14)6-15-13(9)11/h2-6,17H,1H3. The summed E-state index contributed by atoms with van der Waals surface area (Å²) in [5.74, 6) is 0. The highest BCUT2D eigenvalue weighted by molar-refractivity contribution is 9.10. The summed E-state index contributed by atoms with van der Waals surface area (Å²) in [6, 6.07) is 6.30. The van der Waals surface area contributed by atoms with E-state index in [1.54, 1.807) is 0 Å². The van der Waals surface area contributed by atoms with E-state index in [2.05, 4.69) is 43.1 Å². The van der Waals surface area contributed by atoms with Crippen LogP contribution in [0.5, 0.6) is 0 Å². The molecule has 0 saturated carbocycles. The lowest BCUT2D eigenvalue weighted by molar-refractivity contribution is 0.797. The molecule has 4 aromatic rings. The zero-order chi connectivity index (χ0) is 12.3. The number of nitrogens with zero attached hydrogens (tertiary/aromatic N) is 3. The zero-order valence-corrected chi connectivity index (χ0v) is 11.2. The molecule has 0 aliphatic heterocycles. The van der Waals surface area contributed by atoms with E-state index in [0.717, 1.165) is 37.3 Å². The van der Waals surface area contributed by atoms with Gasteiger partial charge in [-0.3, -0.25) is 9.67 Å². The Kier molecular flexibility index (Phi) is 1.86. The molecule has 0 fully saturated rings. The molecule has 1 aromatic carbocycles. The highest BCUT2D eigenvalue weighted by atomic mass is 79.9. The number of H-pyrrole nitrogens is 1. The first kappa shape index (κ1) is 10.1. The van der Waals surface area contributed by atoms with Crippen molar-refractivity contribution in [2.24, 2.45) is 7.05 Å². The molecule has 0 saturated heterocycles. The summed E-state index contributed by atoms with van der Waals surface area (Å²) < 4.78 is 2.86. The fourth-order valence-electron chi connectivity index (χ4n) is 2.39. The molecule has 1 N–H and O–H groups in total. The molecule has 0 unspecified atom stereocenters. The number of hydrogen-bond acceptors (Lipinski definition) is 2. The SMILES string of the molecule is Cn1ncc2cc3[nH]c4cc(Br)cnc4c3cc21. The molecule has 3 aromatic heterocycles. The van der Waals surface area contributed by atoms with Gasteiger partial charge in [0, 0.05) is 34.0 Å². The number of benzene rings is 1. The third-order valence-corrected chi connectivity index (χ3v) is 3.70. The Bertz CT molecular complexity index is 903. The maximum atomic E-state index is 4.48. The second-order valence-electron chi connectivity index (χ2n) is 4.40. The number of nitrogens with one attached hydrogen (secondary N) is 1. The Morgan fingerprint density at radius 2 is 2.06 bits per heavy atom. The van der Waals surface area contributed by atoms with Crippen molar-refractivity contribution in [2.45, 2.75) is 0 Å². The summed E-state index contributed by atoms with van der Waals surface area (Å²) in [5, 5.41) is 6.54. The highest BCUT2D eigenvalue weighted by Gasteiger charge is 2.09. The Hall–Kier alpha value is -1.88. The predicted octanol–water partition coefficient (Wildman–Crippen LogP) is 3.37. The lowest BCUT2D eigenvalue weighted by Gasteiger charge is -1.95. The van der Waals surface area contributed by atoms with Crippen LogP contribution in [0.15, 0.2) is 35.1 Å². The summed E-state index contributed by atoms with van der Waals surface area (Å²) in [7, 11) is 1.95. The number of rotatable bonds is 0. The quantitative estimate of drug-likeness (QED) is 0.541. The maximum Gasteiger partial charge on any atom is 0.0959 e. The first-order valence-corrected chi connectivity index (χ1v) is 6.40. The second kappa shape index (κ2) is 3.32. The minimum Gasteiger partial charge on any atom is -0.353 e. The molecule has 3 heterocycles. The summed E-state index contributed by atoms with van der Waals surface area (Å²) in [4.78, 5) is 7.87. The van der Waals surface area contributed by atoms with Crippen LogP contribution in [-0.2, 0) is 7.05 Å². The minimum absolute atomic E-state index is 0.979.